The lowest BCUT2D eigenvalue weighted by Gasteiger charge is -2.26. The quantitative estimate of drug-likeness (QED) is 0.900. The van der Waals surface area contributed by atoms with E-state index in [1.165, 1.54) is 6.42 Å². The van der Waals surface area contributed by atoms with Crippen molar-refractivity contribution in [3.63, 3.8) is 0 Å². The highest BCUT2D eigenvalue weighted by atomic mass is 16.5. The molecule has 2 N–H and O–H groups in total. The Morgan fingerprint density at radius 2 is 1.92 bits per heavy atom. The SMILES string of the molecule is CNc1ccc(Oc2ccnc(NC(=O)N3CCCCC3)c2)cn1. The Kier molecular flexibility index (Phi) is 5.10. The summed E-state index contributed by atoms with van der Waals surface area (Å²) in [5, 5.41) is 5.78. The highest BCUT2D eigenvalue weighted by Gasteiger charge is 2.16. The van der Waals surface area contributed by atoms with Gasteiger partial charge in [0, 0.05) is 32.4 Å². The highest BCUT2D eigenvalue weighted by Crippen LogP contribution is 2.23. The zero-order valence-corrected chi connectivity index (χ0v) is 13.7. The lowest BCUT2D eigenvalue weighted by molar-refractivity contribution is 0.200. The predicted molar refractivity (Wildman–Crippen MR) is 92.5 cm³/mol. The smallest absolute Gasteiger partial charge is 0.323 e. The minimum atomic E-state index is -0.112. The number of likely N-dealkylation sites (tertiary alicyclic amines) is 1. The number of hydrogen-bond acceptors (Lipinski definition) is 5. The molecule has 126 valence electrons. The summed E-state index contributed by atoms with van der Waals surface area (Å²) in [4.78, 5) is 22.4. The van der Waals surface area contributed by atoms with Gasteiger partial charge in [-0.2, -0.15) is 0 Å². The molecule has 1 aliphatic heterocycles. The van der Waals surface area contributed by atoms with E-state index in [0.29, 0.717) is 17.3 Å². The minimum absolute atomic E-state index is 0.112. The maximum Gasteiger partial charge on any atom is 0.323 e. The first-order chi connectivity index (χ1) is 11.7. The molecule has 24 heavy (non-hydrogen) atoms. The third-order valence-corrected chi connectivity index (χ3v) is 3.84. The number of amides is 2. The Labute approximate surface area is 141 Å². The molecule has 2 amide bonds. The molecular formula is C17H21N5O2. The maximum atomic E-state index is 12.2. The van der Waals surface area contributed by atoms with Crippen molar-refractivity contribution in [3.05, 3.63) is 36.7 Å². The summed E-state index contributed by atoms with van der Waals surface area (Å²) in [6, 6.07) is 6.98. The summed E-state index contributed by atoms with van der Waals surface area (Å²) in [6.07, 6.45) is 6.54. The molecule has 0 radical (unpaired) electrons. The molecule has 7 nitrogen and oxygen atoms in total. The number of piperidine rings is 1. The monoisotopic (exact) mass is 327 g/mol. The molecule has 1 saturated heterocycles. The Balaban J connectivity index is 1.63. The fourth-order valence-electron chi connectivity index (χ4n) is 2.55. The van der Waals surface area contributed by atoms with Gasteiger partial charge in [0.2, 0.25) is 0 Å². The van der Waals surface area contributed by atoms with E-state index in [0.717, 1.165) is 31.7 Å². The predicted octanol–water partition coefficient (Wildman–Crippen LogP) is 3.33. The molecule has 3 heterocycles. The van der Waals surface area contributed by atoms with Crippen molar-refractivity contribution in [1.82, 2.24) is 14.9 Å². The van der Waals surface area contributed by atoms with Crippen molar-refractivity contribution < 1.29 is 9.53 Å². The van der Waals surface area contributed by atoms with Gasteiger partial charge in [-0.1, -0.05) is 0 Å². The van der Waals surface area contributed by atoms with Gasteiger partial charge in [0.25, 0.3) is 0 Å². The van der Waals surface area contributed by atoms with E-state index in [9.17, 15) is 4.79 Å². The number of nitrogens with one attached hydrogen (secondary N) is 2. The summed E-state index contributed by atoms with van der Waals surface area (Å²) in [7, 11) is 1.81. The minimum Gasteiger partial charge on any atom is -0.456 e. The van der Waals surface area contributed by atoms with Crippen molar-refractivity contribution in [2.45, 2.75) is 19.3 Å². The van der Waals surface area contributed by atoms with Crippen LogP contribution < -0.4 is 15.4 Å². The van der Waals surface area contributed by atoms with E-state index in [1.807, 2.05) is 24.1 Å². The summed E-state index contributed by atoms with van der Waals surface area (Å²) in [5.74, 6) is 2.46. The molecule has 2 aromatic heterocycles. The van der Waals surface area contributed by atoms with Crippen LogP contribution >= 0.6 is 0 Å². The van der Waals surface area contributed by atoms with Gasteiger partial charge in [-0.25, -0.2) is 14.8 Å². The highest BCUT2D eigenvalue weighted by molar-refractivity contribution is 5.88. The molecule has 1 fully saturated rings. The first-order valence-corrected chi connectivity index (χ1v) is 8.08. The number of carbonyl (C=O) groups excluding carboxylic acids is 1. The van der Waals surface area contributed by atoms with Gasteiger partial charge in [0.1, 0.15) is 23.1 Å². The van der Waals surface area contributed by atoms with Gasteiger partial charge in [-0.05, 0) is 37.5 Å². The summed E-state index contributed by atoms with van der Waals surface area (Å²) in [5.41, 5.74) is 0. The third-order valence-electron chi connectivity index (χ3n) is 3.84. The number of anilines is 2. The third kappa shape index (κ3) is 4.13. The van der Waals surface area contributed by atoms with Gasteiger partial charge in [0.15, 0.2) is 0 Å². The molecular weight excluding hydrogens is 306 g/mol. The lowest BCUT2D eigenvalue weighted by atomic mass is 10.1. The first-order valence-electron chi connectivity index (χ1n) is 8.08. The van der Waals surface area contributed by atoms with E-state index < -0.39 is 0 Å². The molecule has 0 atom stereocenters. The number of ether oxygens (including phenoxy) is 1. The standard InChI is InChI=1S/C17H21N5O2/c1-18-15-6-5-14(12-20-15)24-13-7-8-19-16(11-13)21-17(23)22-9-3-2-4-10-22/h5-8,11-12H,2-4,9-10H2,1H3,(H,18,20)(H,19,21,23). The van der Waals surface area contributed by atoms with E-state index in [2.05, 4.69) is 20.6 Å². The largest absolute Gasteiger partial charge is 0.456 e. The number of hydrogen-bond donors (Lipinski definition) is 2. The normalized spacial score (nSPS) is 14.1. The fraction of sp³-hybridized carbons (Fsp3) is 0.353. The second-order valence-corrected chi connectivity index (χ2v) is 5.59. The van der Waals surface area contributed by atoms with Crippen LogP contribution in [0.15, 0.2) is 36.7 Å². The summed E-state index contributed by atoms with van der Waals surface area (Å²) < 4.78 is 5.75. The molecule has 1 aliphatic rings. The molecule has 0 aromatic carbocycles. The Bertz CT molecular complexity index is 684. The molecule has 7 heteroatoms. The topological polar surface area (TPSA) is 79.4 Å². The lowest BCUT2D eigenvalue weighted by Crippen LogP contribution is -2.38. The van der Waals surface area contributed by atoms with Gasteiger partial charge in [-0.15, -0.1) is 0 Å². The van der Waals surface area contributed by atoms with Gasteiger partial charge in [-0.3, -0.25) is 5.32 Å². The molecule has 0 saturated carbocycles. The van der Waals surface area contributed by atoms with Gasteiger partial charge in [0.05, 0.1) is 6.20 Å². The molecule has 0 bridgehead atoms. The van der Waals surface area contributed by atoms with Crippen LogP contribution in [-0.2, 0) is 0 Å². The maximum absolute atomic E-state index is 12.2. The first kappa shape index (κ1) is 16.0. The van der Waals surface area contributed by atoms with Crippen LogP contribution in [0.25, 0.3) is 0 Å². The average Bonchev–Trinajstić information content (AvgIpc) is 2.63. The number of pyridine rings is 2. The molecule has 0 unspecified atom stereocenters. The van der Waals surface area contributed by atoms with E-state index >= 15 is 0 Å². The van der Waals surface area contributed by atoms with Crippen molar-refractivity contribution in [1.29, 1.82) is 0 Å². The Morgan fingerprint density at radius 1 is 1.08 bits per heavy atom. The Hall–Kier alpha value is -2.83. The van der Waals surface area contributed by atoms with Gasteiger partial charge < -0.3 is 15.0 Å². The molecule has 0 aliphatic carbocycles. The van der Waals surface area contributed by atoms with Crippen molar-refractivity contribution in [2.24, 2.45) is 0 Å². The number of aromatic nitrogens is 2. The van der Waals surface area contributed by atoms with E-state index in [4.69, 9.17) is 4.74 Å². The summed E-state index contributed by atoms with van der Waals surface area (Å²) in [6.45, 7) is 1.59. The van der Waals surface area contributed by atoms with E-state index in [-0.39, 0.29) is 6.03 Å². The van der Waals surface area contributed by atoms with Crippen molar-refractivity contribution in [2.75, 3.05) is 30.8 Å². The van der Waals surface area contributed by atoms with Crippen molar-refractivity contribution >= 4 is 17.7 Å². The number of nitrogens with zero attached hydrogens (tertiary/aromatic N) is 3. The van der Waals surface area contributed by atoms with Crippen LogP contribution in [0.4, 0.5) is 16.4 Å². The second-order valence-electron chi connectivity index (χ2n) is 5.59. The van der Waals surface area contributed by atoms with Gasteiger partial charge >= 0.3 is 6.03 Å². The Morgan fingerprint density at radius 3 is 2.62 bits per heavy atom. The molecule has 2 aromatic rings. The number of carbonyl (C=O) groups is 1. The number of rotatable bonds is 4. The van der Waals surface area contributed by atoms with Crippen molar-refractivity contribution in [3.8, 4) is 11.5 Å². The van der Waals surface area contributed by atoms with Crippen LogP contribution in [0.5, 0.6) is 11.5 Å². The van der Waals surface area contributed by atoms with Crippen LogP contribution in [0.2, 0.25) is 0 Å². The fourth-order valence-corrected chi connectivity index (χ4v) is 2.55. The van der Waals surface area contributed by atoms with Crippen LogP contribution in [0, 0.1) is 0 Å². The number of urea groups is 1. The van der Waals surface area contributed by atoms with Crippen LogP contribution in [-0.4, -0.2) is 41.0 Å². The molecule has 0 spiro atoms. The summed E-state index contributed by atoms with van der Waals surface area (Å²) >= 11 is 0. The average molecular weight is 327 g/mol. The van der Waals surface area contributed by atoms with E-state index in [1.54, 1.807) is 24.5 Å². The van der Waals surface area contributed by atoms with Crippen LogP contribution in [0.1, 0.15) is 19.3 Å². The zero-order chi connectivity index (χ0) is 16.8. The molecule has 3 rings (SSSR count). The second kappa shape index (κ2) is 7.63. The van der Waals surface area contributed by atoms with Crippen LogP contribution in [0.3, 0.4) is 0 Å². The zero-order valence-electron chi connectivity index (χ0n) is 13.7.